The van der Waals surface area contributed by atoms with E-state index < -0.39 is 12.2 Å². The number of nitrogens with zero attached hydrogens (tertiary/aromatic N) is 4. The molecule has 0 spiro atoms. The standard InChI is InChI=1S/C28H37N5O4/c1-19(2)15-24-27(35)31(20(3)22-9-7-6-8-10-22)17-25-32(24)26(34)18-30(4)33(25)28(36)29-16-21-11-13-23(37-5)14-12-21/h6-14,19-20,24-25H,15-18H2,1-5H3,(H,29,36)/t20-,24-,25-/m0/s1. The first kappa shape index (κ1) is 26.5. The van der Waals surface area contributed by atoms with E-state index >= 15 is 0 Å². The van der Waals surface area contributed by atoms with E-state index in [4.69, 9.17) is 4.74 Å². The Hall–Kier alpha value is -3.59. The van der Waals surface area contributed by atoms with Crippen LogP contribution in [0.1, 0.15) is 44.4 Å². The normalized spacial score (nSPS) is 21.2. The molecule has 2 aromatic rings. The molecule has 2 fully saturated rings. The number of hydrogen-bond acceptors (Lipinski definition) is 5. The van der Waals surface area contributed by atoms with Crippen LogP contribution in [0.25, 0.3) is 0 Å². The van der Waals surface area contributed by atoms with E-state index in [0.29, 0.717) is 13.0 Å². The molecule has 2 saturated heterocycles. The Bertz CT molecular complexity index is 1110. The summed E-state index contributed by atoms with van der Waals surface area (Å²) in [5, 5.41) is 6.24. The third kappa shape index (κ3) is 5.56. The van der Waals surface area contributed by atoms with Crippen molar-refractivity contribution in [1.82, 2.24) is 25.1 Å². The second-order valence-corrected chi connectivity index (χ2v) is 10.2. The van der Waals surface area contributed by atoms with Gasteiger partial charge in [-0.2, -0.15) is 0 Å². The minimum absolute atomic E-state index is 0.0303. The van der Waals surface area contributed by atoms with Crippen LogP contribution in [0.5, 0.6) is 5.75 Å². The van der Waals surface area contributed by atoms with Crippen LogP contribution in [-0.2, 0) is 16.1 Å². The maximum atomic E-state index is 13.8. The van der Waals surface area contributed by atoms with Gasteiger partial charge >= 0.3 is 6.03 Å². The van der Waals surface area contributed by atoms with Gasteiger partial charge in [0, 0.05) is 13.6 Å². The summed E-state index contributed by atoms with van der Waals surface area (Å²) < 4.78 is 5.21. The van der Waals surface area contributed by atoms with Gasteiger partial charge in [0.1, 0.15) is 18.0 Å². The van der Waals surface area contributed by atoms with Crippen LogP contribution in [-0.4, -0.2) is 77.1 Å². The highest BCUT2D eigenvalue weighted by Crippen LogP contribution is 2.33. The fourth-order valence-electron chi connectivity index (χ4n) is 5.20. The number of carbonyl (C=O) groups excluding carboxylic acids is 3. The summed E-state index contributed by atoms with van der Waals surface area (Å²) in [6.07, 6.45) is -0.0703. The third-order valence-electron chi connectivity index (χ3n) is 7.14. The largest absolute Gasteiger partial charge is 0.497 e. The number of carbonyl (C=O) groups is 3. The first-order valence-corrected chi connectivity index (χ1v) is 12.8. The monoisotopic (exact) mass is 507 g/mol. The summed E-state index contributed by atoms with van der Waals surface area (Å²) in [6, 6.07) is 16.2. The van der Waals surface area contributed by atoms with Crippen molar-refractivity contribution in [2.45, 2.75) is 52.0 Å². The molecule has 0 bridgehead atoms. The quantitative estimate of drug-likeness (QED) is 0.622. The molecule has 9 heteroatoms. The number of urea groups is 1. The minimum Gasteiger partial charge on any atom is -0.497 e. The molecule has 2 aliphatic rings. The Morgan fingerprint density at radius 2 is 1.73 bits per heavy atom. The second-order valence-electron chi connectivity index (χ2n) is 10.2. The lowest BCUT2D eigenvalue weighted by Crippen LogP contribution is -2.76. The van der Waals surface area contributed by atoms with Crippen LogP contribution in [0.4, 0.5) is 4.79 Å². The topological polar surface area (TPSA) is 85.4 Å². The van der Waals surface area contributed by atoms with Gasteiger partial charge < -0.3 is 19.9 Å². The molecule has 9 nitrogen and oxygen atoms in total. The van der Waals surface area contributed by atoms with Gasteiger partial charge in [0.05, 0.1) is 26.2 Å². The number of hydrogen-bond donors (Lipinski definition) is 1. The van der Waals surface area contributed by atoms with Crippen LogP contribution in [0.3, 0.4) is 0 Å². The molecule has 198 valence electrons. The number of benzene rings is 2. The zero-order valence-electron chi connectivity index (χ0n) is 22.3. The molecular weight excluding hydrogens is 470 g/mol. The lowest BCUT2D eigenvalue weighted by atomic mass is 9.95. The van der Waals surface area contributed by atoms with Crippen LogP contribution >= 0.6 is 0 Å². The van der Waals surface area contributed by atoms with Gasteiger partial charge in [-0.25, -0.2) is 14.8 Å². The fourth-order valence-corrected chi connectivity index (χ4v) is 5.20. The lowest BCUT2D eigenvalue weighted by molar-refractivity contribution is -0.190. The van der Waals surface area contributed by atoms with Gasteiger partial charge in [0.15, 0.2) is 0 Å². The van der Waals surface area contributed by atoms with E-state index in [9.17, 15) is 14.4 Å². The number of piperazine rings is 1. The SMILES string of the molecule is COc1ccc(CNC(=O)N2[C@H]3CN([C@@H](C)c4ccccc4)C(=O)[C@H](CC(C)C)N3C(=O)CN2C)cc1. The van der Waals surface area contributed by atoms with Gasteiger partial charge in [0.2, 0.25) is 11.8 Å². The van der Waals surface area contributed by atoms with Gasteiger partial charge in [-0.05, 0) is 42.5 Å². The molecule has 2 aromatic carbocycles. The molecule has 0 unspecified atom stereocenters. The van der Waals surface area contributed by atoms with Crippen molar-refractivity contribution in [1.29, 1.82) is 0 Å². The van der Waals surface area contributed by atoms with Crippen LogP contribution in [0.2, 0.25) is 0 Å². The van der Waals surface area contributed by atoms with Crippen LogP contribution in [0, 0.1) is 5.92 Å². The van der Waals surface area contributed by atoms with Gasteiger partial charge in [0.25, 0.3) is 0 Å². The summed E-state index contributed by atoms with van der Waals surface area (Å²) in [4.78, 5) is 44.1. The number of nitrogens with one attached hydrogen (secondary N) is 1. The first-order chi connectivity index (χ1) is 17.7. The summed E-state index contributed by atoms with van der Waals surface area (Å²) in [5.74, 6) is 0.734. The first-order valence-electron chi connectivity index (χ1n) is 12.8. The number of ether oxygens (including phenoxy) is 1. The summed E-state index contributed by atoms with van der Waals surface area (Å²) in [5.41, 5.74) is 1.94. The predicted molar refractivity (Wildman–Crippen MR) is 140 cm³/mol. The van der Waals surface area contributed by atoms with Crippen molar-refractivity contribution >= 4 is 17.8 Å². The molecule has 3 atom stereocenters. The zero-order chi connectivity index (χ0) is 26.7. The molecule has 2 heterocycles. The number of fused-ring (bicyclic) bond motifs is 1. The highest BCUT2D eigenvalue weighted by atomic mass is 16.5. The molecule has 0 aliphatic carbocycles. The van der Waals surface area contributed by atoms with Crippen molar-refractivity contribution in [2.75, 3.05) is 27.2 Å². The molecule has 37 heavy (non-hydrogen) atoms. The number of hydrazine groups is 1. The average molecular weight is 508 g/mol. The molecule has 1 N–H and O–H groups in total. The van der Waals surface area contributed by atoms with Crippen molar-refractivity contribution in [3.63, 3.8) is 0 Å². The molecule has 0 aromatic heterocycles. The number of likely N-dealkylation sites (N-methyl/N-ethyl adjacent to an activating group) is 1. The Balaban J connectivity index is 1.61. The highest BCUT2D eigenvalue weighted by molar-refractivity contribution is 5.91. The zero-order valence-corrected chi connectivity index (χ0v) is 22.3. The maximum absolute atomic E-state index is 13.8. The minimum atomic E-state index is -0.622. The highest BCUT2D eigenvalue weighted by Gasteiger charge is 2.51. The van der Waals surface area contributed by atoms with Gasteiger partial charge in [-0.15, -0.1) is 0 Å². The molecule has 2 aliphatic heterocycles. The number of amides is 4. The predicted octanol–water partition coefficient (Wildman–Crippen LogP) is 3.24. The van der Waals surface area contributed by atoms with Crippen molar-refractivity contribution in [3.8, 4) is 5.75 Å². The van der Waals surface area contributed by atoms with E-state index in [0.717, 1.165) is 16.9 Å². The van der Waals surface area contributed by atoms with Gasteiger partial charge in [-0.3, -0.25) is 9.59 Å². The van der Waals surface area contributed by atoms with Crippen molar-refractivity contribution < 1.29 is 19.1 Å². The lowest BCUT2D eigenvalue weighted by Gasteiger charge is -2.55. The number of methoxy groups -OCH3 is 1. The Morgan fingerprint density at radius 1 is 1.05 bits per heavy atom. The van der Waals surface area contributed by atoms with Crippen molar-refractivity contribution in [2.24, 2.45) is 5.92 Å². The Morgan fingerprint density at radius 3 is 2.35 bits per heavy atom. The number of rotatable bonds is 7. The summed E-state index contributed by atoms with van der Waals surface area (Å²) >= 11 is 0. The molecule has 4 rings (SSSR count). The summed E-state index contributed by atoms with van der Waals surface area (Å²) in [6.45, 7) is 6.67. The smallest absolute Gasteiger partial charge is 0.334 e. The second kappa shape index (κ2) is 11.2. The van der Waals surface area contributed by atoms with Gasteiger partial charge in [-0.1, -0.05) is 56.3 Å². The molecule has 4 amide bonds. The maximum Gasteiger partial charge on any atom is 0.334 e. The third-order valence-corrected chi connectivity index (χ3v) is 7.14. The van der Waals surface area contributed by atoms with E-state index in [1.807, 2.05) is 80.3 Å². The van der Waals surface area contributed by atoms with E-state index in [-0.39, 0.29) is 42.9 Å². The Labute approximate surface area is 218 Å². The van der Waals surface area contributed by atoms with E-state index in [2.05, 4.69) is 5.32 Å². The molecular formula is C28H37N5O4. The van der Waals surface area contributed by atoms with E-state index in [1.165, 1.54) is 0 Å². The molecule has 0 saturated carbocycles. The van der Waals surface area contributed by atoms with Crippen molar-refractivity contribution in [3.05, 3.63) is 65.7 Å². The van der Waals surface area contributed by atoms with E-state index in [1.54, 1.807) is 29.1 Å². The fraction of sp³-hybridized carbons (Fsp3) is 0.464. The summed E-state index contributed by atoms with van der Waals surface area (Å²) in [7, 11) is 3.35. The Kier molecular flexibility index (Phi) is 8.02. The average Bonchev–Trinajstić information content (AvgIpc) is 2.88. The van der Waals surface area contributed by atoms with Crippen LogP contribution in [0.15, 0.2) is 54.6 Å². The molecule has 0 radical (unpaired) electrons. The van der Waals surface area contributed by atoms with Crippen LogP contribution < -0.4 is 10.1 Å².